The van der Waals surface area contributed by atoms with Crippen molar-refractivity contribution in [2.45, 2.75) is 39.3 Å². The van der Waals surface area contributed by atoms with Crippen LogP contribution in [0.15, 0.2) is 36.4 Å². The topological polar surface area (TPSA) is 38.1 Å². The van der Waals surface area contributed by atoms with E-state index in [1.807, 2.05) is 42.9 Å². The lowest BCUT2D eigenvalue weighted by atomic mass is 10.1. The Balaban J connectivity index is 1.67. The third-order valence-corrected chi connectivity index (χ3v) is 6.35. The van der Waals surface area contributed by atoms with Crippen molar-refractivity contribution < 1.29 is 4.79 Å². The van der Waals surface area contributed by atoms with Crippen LogP contribution in [0.25, 0.3) is 10.2 Å². The quantitative estimate of drug-likeness (QED) is 0.682. The van der Waals surface area contributed by atoms with Gasteiger partial charge in [0, 0.05) is 25.0 Å². The number of nitrogens with zero attached hydrogens (tertiary/aromatic N) is 3. The number of fused-ring (bicyclic) bond motifs is 1. The van der Waals surface area contributed by atoms with E-state index in [4.69, 9.17) is 0 Å². The first-order valence-electron chi connectivity index (χ1n) is 8.82. The third-order valence-electron chi connectivity index (χ3n) is 5.16. The average molecular weight is 353 g/mol. The fourth-order valence-corrected chi connectivity index (χ4v) is 4.55. The van der Waals surface area contributed by atoms with E-state index in [1.54, 1.807) is 11.3 Å². The first-order valence-corrected chi connectivity index (χ1v) is 9.64. The summed E-state index contributed by atoms with van der Waals surface area (Å²) < 4.78 is 1.87. The zero-order chi connectivity index (χ0) is 17.6. The molecule has 25 heavy (non-hydrogen) atoms. The summed E-state index contributed by atoms with van der Waals surface area (Å²) in [5.74, 6) is 0.786. The van der Waals surface area contributed by atoms with E-state index < -0.39 is 0 Å². The first-order chi connectivity index (χ1) is 12.0. The summed E-state index contributed by atoms with van der Waals surface area (Å²) in [6.45, 7) is 4.86. The Labute approximate surface area is 152 Å². The van der Waals surface area contributed by atoms with Gasteiger partial charge in [-0.1, -0.05) is 30.3 Å². The van der Waals surface area contributed by atoms with Gasteiger partial charge in [0.2, 0.25) is 0 Å². The SMILES string of the molecule is Cc1nn(C)c2sc(C(=O)N(Cc3ccccc3)C(C)C3CC3)cc12. The van der Waals surface area contributed by atoms with Crippen LogP contribution in [-0.2, 0) is 13.6 Å². The second-order valence-corrected chi connectivity index (χ2v) is 8.07. The lowest BCUT2D eigenvalue weighted by Gasteiger charge is -2.29. The molecule has 0 bridgehead atoms. The van der Waals surface area contributed by atoms with Crippen molar-refractivity contribution in [2.24, 2.45) is 13.0 Å². The van der Waals surface area contributed by atoms with Crippen LogP contribution in [0.2, 0.25) is 0 Å². The summed E-state index contributed by atoms with van der Waals surface area (Å²) in [6, 6.07) is 12.6. The van der Waals surface area contributed by atoms with Gasteiger partial charge in [-0.3, -0.25) is 9.48 Å². The molecule has 1 unspecified atom stereocenters. The lowest BCUT2D eigenvalue weighted by Crippen LogP contribution is -2.39. The van der Waals surface area contributed by atoms with Gasteiger partial charge in [0.05, 0.1) is 10.6 Å². The molecule has 2 aromatic heterocycles. The lowest BCUT2D eigenvalue weighted by molar-refractivity contribution is 0.0659. The predicted octanol–water partition coefficient (Wildman–Crippen LogP) is 4.38. The van der Waals surface area contributed by atoms with E-state index in [0.29, 0.717) is 12.5 Å². The fraction of sp³-hybridized carbons (Fsp3) is 0.400. The van der Waals surface area contributed by atoms with Crippen LogP contribution in [0.4, 0.5) is 0 Å². The Morgan fingerprint density at radius 1 is 1.36 bits per heavy atom. The van der Waals surface area contributed by atoms with Crippen LogP contribution in [0, 0.1) is 12.8 Å². The number of aryl methyl sites for hydroxylation is 2. The second-order valence-electron chi connectivity index (χ2n) is 7.04. The number of carbonyl (C=O) groups excluding carboxylic acids is 1. The highest BCUT2D eigenvalue weighted by Crippen LogP contribution is 2.37. The third kappa shape index (κ3) is 3.09. The van der Waals surface area contributed by atoms with Gasteiger partial charge < -0.3 is 4.90 Å². The molecule has 1 saturated carbocycles. The van der Waals surface area contributed by atoms with Gasteiger partial charge >= 0.3 is 0 Å². The van der Waals surface area contributed by atoms with Gasteiger partial charge in [0.25, 0.3) is 5.91 Å². The van der Waals surface area contributed by atoms with Crippen LogP contribution in [0.1, 0.15) is 40.7 Å². The minimum Gasteiger partial charge on any atom is -0.331 e. The zero-order valence-corrected chi connectivity index (χ0v) is 15.7. The van der Waals surface area contributed by atoms with Crippen molar-refractivity contribution in [3.63, 3.8) is 0 Å². The molecule has 1 atom stereocenters. The van der Waals surface area contributed by atoms with E-state index in [-0.39, 0.29) is 11.9 Å². The smallest absolute Gasteiger partial charge is 0.264 e. The highest BCUT2D eigenvalue weighted by Gasteiger charge is 2.35. The number of amides is 1. The van der Waals surface area contributed by atoms with Crippen molar-refractivity contribution in [3.8, 4) is 0 Å². The van der Waals surface area contributed by atoms with Gasteiger partial charge in [-0.15, -0.1) is 11.3 Å². The van der Waals surface area contributed by atoms with Crippen molar-refractivity contribution >= 4 is 27.5 Å². The molecule has 1 aliphatic carbocycles. The molecule has 5 heteroatoms. The summed E-state index contributed by atoms with van der Waals surface area (Å²) in [5.41, 5.74) is 2.17. The normalized spacial score (nSPS) is 15.5. The van der Waals surface area contributed by atoms with Gasteiger partial charge in [0.1, 0.15) is 4.83 Å². The zero-order valence-electron chi connectivity index (χ0n) is 14.9. The Hall–Kier alpha value is -2.14. The molecular weight excluding hydrogens is 330 g/mol. The van der Waals surface area contributed by atoms with Crippen LogP contribution >= 0.6 is 11.3 Å². The molecule has 1 fully saturated rings. The predicted molar refractivity (Wildman–Crippen MR) is 102 cm³/mol. The molecule has 0 radical (unpaired) electrons. The number of hydrogen-bond donors (Lipinski definition) is 0. The minimum absolute atomic E-state index is 0.142. The van der Waals surface area contributed by atoms with Crippen molar-refractivity contribution in [1.29, 1.82) is 0 Å². The fourth-order valence-electron chi connectivity index (χ4n) is 3.47. The maximum atomic E-state index is 13.3. The Bertz CT molecular complexity index is 873. The van der Waals surface area contributed by atoms with E-state index in [2.05, 4.69) is 29.1 Å². The monoisotopic (exact) mass is 353 g/mol. The summed E-state index contributed by atoms with van der Waals surface area (Å²) in [5, 5.41) is 5.53. The van der Waals surface area contributed by atoms with E-state index >= 15 is 0 Å². The van der Waals surface area contributed by atoms with Gasteiger partial charge in [-0.25, -0.2) is 0 Å². The summed E-state index contributed by atoms with van der Waals surface area (Å²) in [4.78, 5) is 17.3. The van der Waals surface area contributed by atoms with E-state index in [0.717, 1.165) is 20.8 Å². The molecule has 4 nitrogen and oxygen atoms in total. The number of rotatable bonds is 5. The number of thiophene rings is 1. The van der Waals surface area contributed by atoms with Crippen LogP contribution < -0.4 is 0 Å². The van der Waals surface area contributed by atoms with Crippen LogP contribution in [0.3, 0.4) is 0 Å². The molecule has 0 aliphatic heterocycles. The Kier molecular flexibility index (Phi) is 4.12. The Morgan fingerprint density at radius 3 is 2.72 bits per heavy atom. The minimum atomic E-state index is 0.142. The molecule has 0 saturated heterocycles. The van der Waals surface area contributed by atoms with Gasteiger partial charge in [-0.05, 0) is 44.2 Å². The molecule has 1 aliphatic rings. The summed E-state index contributed by atoms with van der Waals surface area (Å²) in [6.07, 6.45) is 2.46. The molecule has 3 aromatic rings. The second kappa shape index (κ2) is 6.30. The molecule has 0 N–H and O–H groups in total. The first kappa shape index (κ1) is 16.3. The summed E-state index contributed by atoms with van der Waals surface area (Å²) >= 11 is 1.55. The highest BCUT2D eigenvalue weighted by molar-refractivity contribution is 7.20. The molecule has 130 valence electrons. The molecule has 2 heterocycles. The van der Waals surface area contributed by atoms with Crippen LogP contribution in [-0.4, -0.2) is 26.6 Å². The highest BCUT2D eigenvalue weighted by atomic mass is 32.1. The molecule has 0 spiro atoms. The maximum absolute atomic E-state index is 13.3. The largest absolute Gasteiger partial charge is 0.331 e. The standard InChI is InChI=1S/C20H23N3OS/c1-13-17-11-18(25-20(17)22(3)21-13)19(24)23(14(2)16-9-10-16)12-15-7-5-4-6-8-15/h4-8,11,14,16H,9-10,12H2,1-3H3. The Morgan fingerprint density at radius 2 is 2.08 bits per heavy atom. The van der Waals surface area contributed by atoms with E-state index in [1.165, 1.54) is 18.4 Å². The average Bonchev–Trinajstić information content (AvgIpc) is 3.30. The molecule has 1 amide bonds. The maximum Gasteiger partial charge on any atom is 0.264 e. The van der Waals surface area contributed by atoms with Crippen molar-refractivity contribution in [3.05, 3.63) is 52.5 Å². The molecule has 1 aromatic carbocycles. The number of carbonyl (C=O) groups is 1. The summed E-state index contributed by atoms with van der Waals surface area (Å²) in [7, 11) is 1.94. The number of benzene rings is 1. The van der Waals surface area contributed by atoms with Crippen molar-refractivity contribution in [2.75, 3.05) is 0 Å². The number of hydrogen-bond acceptors (Lipinski definition) is 3. The van der Waals surface area contributed by atoms with E-state index in [9.17, 15) is 4.79 Å². The van der Waals surface area contributed by atoms with Crippen LogP contribution in [0.5, 0.6) is 0 Å². The number of aromatic nitrogens is 2. The van der Waals surface area contributed by atoms with Gasteiger partial charge in [-0.2, -0.15) is 5.10 Å². The van der Waals surface area contributed by atoms with Crippen molar-refractivity contribution in [1.82, 2.24) is 14.7 Å². The molecule has 4 rings (SSSR count). The van der Waals surface area contributed by atoms with Gasteiger partial charge in [0.15, 0.2) is 0 Å². The molecular formula is C20H23N3OS.